The van der Waals surface area contributed by atoms with Crippen molar-refractivity contribution in [3.05, 3.63) is 4.91 Å². The molecule has 0 amide bonds. The Balaban J connectivity index is 1.93. The topological polar surface area (TPSA) is 41.5 Å². The predicted molar refractivity (Wildman–Crippen MR) is 31.4 cm³/mol. The lowest BCUT2D eigenvalue weighted by Crippen LogP contribution is -2.34. The summed E-state index contributed by atoms with van der Waals surface area (Å²) >= 11 is 0. The van der Waals surface area contributed by atoms with Crippen molar-refractivity contribution in [3.8, 4) is 0 Å². The molecule has 0 atom stereocenters. The first-order valence-corrected chi connectivity index (χ1v) is 2.96. The average Bonchev–Trinajstić information content (AvgIpc) is 1.63. The van der Waals surface area contributed by atoms with Crippen LogP contribution in [0.1, 0.15) is 19.3 Å². The Bertz CT molecular complexity index is 80.5. The van der Waals surface area contributed by atoms with Crippen LogP contribution in [0.25, 0.3) is 0 Å². The van der Waals surface area contributed by atoms with Crippen LogP contribution in [-0.2, 0) is 0 Å². The molecule has 46 valence electrons. The van der Waals surface area contributed by atoms with E-state index in [2.05, 4.69) is 10.5 Å². The zero-order valence-electron chi connectivity index (χ0n) is 4.76. The van der Waals surface area contributed by atoms with Crippen LogP contribution in [0.2, 0.25) is 0 Å². The summed E-state index contributed by atoms with van der Waals surface area (Å²) < 4.78 is 0. The highest BCUT2D eigenvalue weighted by Gasteiger charge is 2.15. The van der Waals surface area contributed by atoms with E-state index in [4.69, 9.17) is 0 Å². The molecule has 1 saturated carbocycles. The standard InChI is InChI=1S/C5H10N2O/c8-7-4-6-5-2-1-3-5/h5-6H,1-4H2. The summed E-state index contributed by atoms with van der Waals surface area (Å²) in [6.07, 6.45) is 3.74. The van der Waals surface area contributed by atoms with Gasteiger partial charge in [-0.2, -0.15) is 0 Å². The molecule has 0 saturated heterocycles. The predicted octanol–water partition coefficient (Wildman–Crippen LogP) is 0.852. The first kappa shape index (κ1) is 5.69. The molecule has 1 rings (SSSR count). The number of rotatable bonds is 3. The van der Waals surface area contributed by atoms with Gasteiger partial charge >= 0.3 is 0 Å². The van der Waals surface area contributed by atoms with Crippen molar-refractivity contribution in [2.75, 3.05) is 6.67 Å². The molecule has 1 aliphatic carbocycles. The Hall–Kier alpha value is -0.440. The average molecular weight is 114 g/mol. The first-order chi connectivity index (χ1) is 3.93. The van der Waals surface area contributed by atoms with Crippen molar-refractivity contribution in [1.29, 1.82) is 0 Å². The summed E-state index contributed by atoms with van der Waals surface area (Å²) in [4.78, 5) is 9.54. The van der Waals surface area contributed by atoms with Gasteiger partial charge in [-0.15, -0.1) is 4.91 Å². The fourth-order valence-electron chi connectivity index (χ4n) is 0.779. The molecule has 0 aromatic rings. The Kier molecular flexibility index (Phi) is 1.97. The van der Waals surface area contributed by atoms with Gasteiger partial charge in [0, 0.05) is 6.04 Å². The van der Waals surface area contributed by atoms with Crippen LogP contribution in [0.15, 0.2) is 5.18 Å². The van der Waals surface area contributed by atoms with E-state index in [1.807, 2.05) is 0 Å². The van der Waals surface area contributed by atoms with E-state index in [0.717, 1.165) is 0 Å². The zero-order valence-corrected chi connectivity index (χ0v) is 4.76. The van der Waals surface area contributed by atoms with Crippen molar-refractivity contribution in [1.82, 2.24) is 5.32 Å². The second-order valence-corrected chi connectivity index (χ2v) is 2.12. The number of hydrogen-bond donors (Lipinski definition) is 1. The van der Waals surface area contributed by atoms with E-state index in [9.17, 15) is 4.91 Å². The highest BCUT2D eigenvalue weighted by atomic mass is 16.3. The van der Waals surface area contributed by atoms with Crippen LogP contribution in [0, 0.1) is 4.91 Å². The van der Waals surface area contributed by atoms with Crippen molar-refractivity contribution >= 4 is 0 Å². The fraction of sp³-hybridized carbons (Fsp3) is 1.00. The van der Waals surface area contributed by atoms with Gasteiger partial charge in [-0.05, 0) is 12.8 Å². The molecule has 0 aliphatic heterocycles. The van der Waals surface area contributed by atoms with Gasteiger partial charge in [-0.3, -0.25) is 5.32 Å². The molecule has 1 fully saturated rings. The molecule has 3 nitrogen and oxygen atoms in total. The number of nitrogens with one attached hydrogen (secondary N) is 1. The van der Waals surface area contributed by atoms with E-state index in [1.165, 1.54) is 19.3 Å². The van der Waals surface area contributed by atoms with Crippen LogP contribution < -0.4 is 5.32 Å². The van der Waals surface area contributed by atoms with E-state index in [0.29, 0.717) is 6.04 Å². The first-order valence-electron chi connectivity index (χ1n) is 2.96. The van der Waals surface area contributed by atoms with Gasteiger partial charge in [0.1, 0.15) is 6.67 Å². The van der Waals surface area contributed by atoms with E-state index in [-0.39, 0.29) is 6.67 Å². The summed E-state index contributed by atoms with van der Waals surface area (Å²) in [6.45, 7) is 0.282. The van der Waals surface area contributed by atoms with Crippen LogP contribution in [0.4, 0.5) is 0 Å². The minimum absolute atomic E-state index is 0.282. The quantitative estimate of drug-likeness (QED) is 0.553. The summed E-state index contributed by atoms with van der Waals surface area (Å²) in [5.74, 6) is 0. The third kappa shape index (κ3) is 1.26. The lowest BCUT2D eigenvalue weighted by Gasteiger charge is -2.24. The Morgan fingerprint density at radius 2 is 2.38 bits per heavy atom. The molecule has 0 heterocycles. The molecule has 0 aromatic carbocycles. The van der Waals surface area contributed by atoms with Crippen molar-refractivity contribution < 1.29 is 0 Å². The molecule has 0 unspecified atom stereocenters. The molecule has 1 aliphatic rings. The lowest BCUT2D eigenvalue weighted by atomic mass is 9.93. The SMILES string of the molecule is O=NCNC1CCC1. The third-order valence-corrected chi connectivity index (χ3v) is 1.55. The molecule has 0 spiro atoms. The van der Waals surface area contributed by atoms with Gasteiger partial charge in [0.2, 0.25) is 0 Å². The maximum absolute atomic E-state index is 9.54. The summed E-state index contributed by atoms with van der Waals surface area (Å²) in [5.41, 5.74) is 0. The fourth-order valence-corrected chi connectivity index (χ4v) is 0.779. The molecular formula is C5H10N2O. The minimum atomic E-state index is 0.282. The molecular weight excluding hydrogens is 104 g/mol. The number of hydrogen-bond acceptors (Lipinski definition) is 3. The van der Waals surface area contributed by atoms with Gasteiger partial charge in [-0.25, -0.2) is 0 Å². The van der Waals surface area contributed by atoms with Gasteiger partial charge in [0.25, 0.3) is 0 Å². The minimum Gasteiger partial charge on any atom is -0.293 e. The van der Waals surface area contributed by atoms with Crippen LogP contribution >= 0.6 is 0 Å². The maximum Gasteiger partial charge on any atom is 0.131 e. The summed E-state index contributed by atoms with van der Waals surface area (Å²) in [6, 6.07) is 0.590. The second-order valence-electron chi connectivity index (χ2n) is 2.12. The maximum atomic E-state index is 9.54. The third-order valence-electron chi connectivity index (χ3n) is 1.55. The lowest BCUT2D eigenvalue weighted by molar-refractivity contribution is 0.344. The molecule has 0 bridgehead atoms. The van der Waals surface area contributed by atoms with Crippen molar-refractivity contribution in [2.45, 2.75) is 25.3 Å². The smallest absolute Gasteiger partial charge is 0.131 e. The molecule has 0 aromatic heterocycles. The molecule has 0 radical (unpaired) electrons. The molecule has 8 heavy (non-hydrogen) atoms. The van der Waals surface area contributed by atoms with Crippen LogP contribution in [0.3, 0.4) is 0 Å². The van der Waals surface area contributed by atoms with Gasteiger partial charge in [-0.1, -0.05) is 11.6 Å². The highest BCUT2D eigenvalue weighted by Crippen LogP contribution is 2.17. The molecule has 3 heteroatoms. The largest absolute Gasteiger partial charge is 0.293 e. The Morgan fingerprint density at radius 1 is 1.62 bits per heavy atom. The zero-order chi connectivity index (χ0) is 5.82. The van der Waals surface area contributed by atoms with Gasteiger partial charge in [0.05, 0.1) is 0 Å². The number of nitroso groups, excluding NO2 is 1. The Morgan fingerprint density at radius 3 is 2.75 bits per heavy atom. The summed E-state index contributed by atoms with van der Waals surface area (Å²) in [7, 11) is 0. The number of nitrogens with zero attached hydrogens (tertiary/aromatic N) is 1. The van der Waals surface area contributed by atoms with E-state index in [1.54, 1.807) is 0 Å². The monoisotopic (exact) mass is 114 g/mol. The van der Waals surface area contributed by atoms with Crippen LogP contribution in [0.5, 0.6) is 0 Å². The van der Waals surface area contributed by atoms with Crippen molar-refractivity contribution in [3.63, 3.8) is 0 Å². The normalized spacial score (nSPS) is 20.0. The van der Waals surface area contributed by atoms with Crippen LogP contribution in [-0.4, -0.2) is 12.7 Å². The molecule has 1 N–H and O–H groups in total. The van der Waals surface area contributed by atoms with Gasteiger partial charge in [0.15, 0.2) is 0 Å². The second kappa shape index (κ2) is 2.77. The van der Waals surface area contributed by atoms with Crippen molar-refractivity contribution in [2.24, 2.45) is 5.18 Å². The van der Waals surface area contributed by atoms with Gasteiger partial charge < -0.3 is 0 Å². The van der Waals surface area contributed by atoms with E-state index < -0.39 is 0 Å². The Labute approximate surface area is 48.4 Å². The van der Waals surface area contributed by atoms with E-state index >= 15 is 0 Å². The highest BCUT2D eigenvalue weighted by molar-refractivity contribution is 4.75. The summed E-state index contributed by atoms with van der Waals surface area (Å²) in [5, 5.41) is 5.69.